The van der Waals surface area contributed by atoms with E-state index in [1.54, 1.807) is 54.7 Å². The van der Waals surface area contributed by atoms with Gasteiger partial charge in [0.15, 0.2) is 5.58 Å². The van der Waals surface area contributed by atoms with Gasteiger partial charge in [-0.1, -0.05) is 12.1 Å². The highest BCUT2D eigenvalue weighted by molar-refractivity contribution is 5.97. The van der Waals surface area contributed by atoms with Gasteiger partial charge < -0.3 is 14.5 Å². The van der Waals surface area contributed by atoms with E-state index in [2.05, 4.69) is 20.5 Å². The van der Waals surface area contributed by atoms with Crippen molar-refractivity contribution >= 4 is 17.0 Å². The fourth-order valence-corrected chi connectivity index (χ4v) is 2.62. The monoisotopic (exact) mass is 349 g/mol. The molecule has 2 heterocycles. The predicted molar refractivity (Wildman–Crippen MR) is 93.1 cm³/mol. The van der Waals surface area contributed by atoms with Crippen LogP contribution < -0.4 is 10.1 Å². The standard InChI is InChI=1S/C18H15N5O3/c1-25-12-6-7-16-14(8-12)22-17(26-16)9-19-18(24)13-4-2-3-5-15(13)23-10-20-21-11-23/h2-8,10-11H,9H2,1H3,(H,19,24). The number of aromatic nitrogens is 4. The number of ether oxygens (including phenoxy) is 1. The maximum atomic E-state index is 12.6. The highest BCUT2D eigenvalue weighted by Gasteiger charge is 2.14. The summed E-state index contributed by atoms with van der Waals surface area (Å²) in [6, 6.07) is 12.6. The molecule has 130 valence electrons. The molecule has 26 heavy (non-hydrogen) atoms. The Balaban J connectivity index is 1.53. The second kappa shape index (κ2) is 6.67. The Hall–Kier alpha value is -3.68. The van der Waals surface area contributed by atoms with Gasteiger partial charge in [0.1, 0.15) is 23.9 Å². The van der Waals surface area contributed by atoms with Crippen LogP contribution in [0.2, 0.25) is 0 Å². The summed E-state index contributed by atoms with van der Waals surface area (Å²) in [7, 11) is 1.59. The number of para-hydroxylation sites is 1. The van der Waals surface area contributed by atoms with Gasteiger partial charge in [-0.15, -0.1) is 10.2 Å². The number of hydrogen-bond acceptors (Lipinski definition) is 6. The van der Waals surface area contributed by atoms with Crippen LogP contribution >= 0.6 is 0 Å². The van der Waals surface area contributed by atoms with Gasteiger partial charge in [-0.3, -0.25) is 9.36 Å². The van der Waals surface area contributed by atoms with Gasteiger partial charge in [-0.05, 0) is 24.3 Å². The molecule has 0 radical (unpaired) electrons. The zero-order valence-electron chi connectivity index (χ0n) is 13.9. The van der Waals surface area contributed by atoms with Crippen LogP contribution in [0.5, 0.6) is 5.75 Å². The molecule has 0 bridgehead atoms. The Morgan fingerprint density at radius 1 is 1.19 bits per heavy atom. The number of methoxy groups -OCH3 is 1. The van der Waals surface area contributed by atoms with Gasteiger partial charge in [0, 0.05) is 6.07 Å². The molecule has 8 heteroatoms. The molecule has 4 aromatic rings. The van der Waals surface area contributed by atoms with Crippen LogP contribution in [0.4, 0.5) is 0 Å². The Bertz CT molecular complexity index is 1060. The lowest BCUT2D eigenvalue weighted by Gasteiger charge is -2.09. The van der Waals surface area contributed by atoms with Crippen LogP contribution in [0.15, 0.2) is 59.5 Å². The van der Waals surface area contributed by atoms with Crippen molar-refractivity contribution in [1.29, 1.82) is 0 Å². The number of amides is 1. The summed E-state index contributed by atoms with van der Waals surface area (Å²) in [4.78, 5) is 17.0. The Labute approximate surface area is 148 Å². The maximum Gasteiger partial charge on any atom is 0.253 e. The van der Waals surface area contributed by atoms with Gasteiger partial charge in [-0.25, -0.2) is 4.98 Å². The second-order valence-electron chi connectivity index (χ2n) is 5.51. The third-order valence-electron chi connectivity index (χ3n) is 3.88. The first-order valence-corrected chi connectivity index (χ1v) is 7.90. The largest absolute Gasteiger partial charge is 0.497 e. The highest BCUT2D eigenvalue weighted by Crippen LogP contribution is 2.21. The van der Waals surface area contributed by atoms with E-state index in [0.717, 1.165) is 0 Å². The lowest BCUT2D eigenvalue weighted by molar-refractivity contribution is 0.0947. The Kier molecular flexibility index (Phi) is 4.06. The molecule has 0 saturated carbocycles. The average Bonchev–Trinajstić information content (AvgIpc) is 3.34. The van der Waals surface area contributed by atoms with Crippen molar-refractivity contribution in [1.82, 2.24) is 25.1 Å². The van der Waals surface area contributed by atoms with Crippen molar-refractivity contribution < 1.29 is 13.9 Å². The fraction of sp³-hybridized carbons (Fsp3) is 0.111. The molecule has 4 rings (SSSR count). The van der Waals surface area contributed by atoms with Crippen molar-refractivity contribution in [2.45, 2.75) is 6.54 Å². The summed E-state index contributed by atoms with van der Waals surface area (Å²) in [5, 5.41) is 10.4. The molecule has 0 saturated heterocycles. The molecule has 2 aromatic heterocycles. The van der Waals surface area contributed by atoms with E-state index in [4.69, 9.17) is 9.15 Å². The van der Waals surface area contributed by atoms with Gasteiger partial charge >= 0.3 is 0 Å². The molecule has 0 fully saturated rings. The molecule has 1 N–H and O–H groups in total. The number of nitrogens with zero attached hydrogens (tertiary/aromatic N) is 4. The van der Waals surface area contributed by atoms with Crippen LogP contribution in [-0.4, -0.2) is 32.8 Å². The van der Waals surface area contributed by atoms with Crippen molar-refractivity contribution in [3.8, 4) is 11.4 Å². The van der Waals surface area contributed by atoms with Gasteiger partial charge in [0.05, 0.1) is 24.9 Å². The molecule has 0 spiro atoms. The normalized spacial score (nSPS) is 10.8. The van der Waals surface area contributed by atoms with Crippen LogP contribution in [0.25, 0.3) is 16.8 Å². The third-order valence-corrected chi connectivity index (χ3v) is 3.88. The first-order valence-electron chi connectivity index (χ1n) is 7.90. The zero-order valence-corrected chi connectivity index (χ0v) is 13.9. The summed E-state index contributed by atoms with van der Waals surface area (Å²) >= 11 is 0. The number of carbonyl (C=O) groups is 1. The molecule has 8 nitrogen and oxygen atoms in total. The lowest BCUT2D eigenvalue weighted by atomic mass is 10.1. The zero-order chi connectivity index (χ0) is 17.9. The molecule has 0 atom stereocenters. The molecule has 0 aliphatic carbocycles. The maximum absolute atomic E-state index is 12.6. The number of oxazole rings is 1. The molecule has 0 aliphatic rings. The first kappa shape index (κ1) is 15.8. The Morgan fingerprint density at radius 3 is 2.81 bits per heavy atom. The molecule has 2 aromatic carbocycles. The van der Waals surface area contributed by atoms with Crippen molar-refractivity contribution in [3.63, 3.8) is 0 Å². The molecule has 0 unspecified atom stereocenters. The molecule has 1 amide bonds. The van der Waals surface area contributed by atoms with E-state index >= 15 is 0 Å². The molecule has 0 aliphatic heterocycles. The highest BCUT2D eigenvalue weighted by atomic mass is 16.5. The van der Waals surface area contributed by atoms with E-state index in [1.807, 2.05) is 12.1 Å². The van der Waals surface area contributed by atoms with Crippen LogP contribution in [-0.2, 0) is 6.54 Å². The molecular formula is C18H15N5O3. The molecular weight excluding hydrogens is 334 g/mol. The van der Waals surface area contributed by atoms with Crippen LogP contribution in [0.1, 0.15) is 16.2 Å². The van der Waals surface area contributed by atoms with Crippen LogP contribution in [0.3, 0.4) is 0 Å². The summed E-state index contributed by atoms with van der Waals surface area (Å²) < 4.78 is 12.5. The summed E-state index contributed by atoms with van der Waals surface area (Å²) in [6.07, 6.45) is 3.08. The second-order valence-corrected chi connectivity index (χ2v) is 5.51. The quantitative estimate of drug-likeness (QED) is 0.594. The number of hydrogen-bond donors (Lipinski definition) is 1. The van der Waals surface area contributed by atoms with Gasteiger partial charge in [0.25, 0.3) is 5.91 Å². The van der Waals surface area contributed by atoms with Crippen molar-refractivity contribution in [3.05, 3.63) is 66.6 Å². The summed E-state index contributed by atoms with van der Waals surface area (Å²) in [5.74, 6) is 0.877. The van der Waals surface area contributed by atoms with Gasteiger partial charge in [-0.2, -0.15) is 0 Å². The topological polar surface area (TPSA) is 95.1 Å². The number of rotatable bonds is 5. The SMILES string of the molecule is COc1ccc2oc(CNC(=O)c3ccccc3-n3cnnc3)nc2c1. The number of benzene rings is 2. The minimum absolute atomic E-state index is 0.173. The van der Waals surface area contributed by atoms with E-state index < -0.39 is 0 Å². The number of nitrogens with one attached hydrogen (secondary N) is 1. The van der Waals surface area contributed by atoms with E-state index in [-0.39, 0.29) is 12.5 Å². The fourth-order valence-electron chi connectivity index (χ4n) is 2.62. The summed E-state index contributed by atoms with van der Waals surface area (Å²) in [5.41, 5.74) is 2.51. The summed E-state index contributed by atoms with van der Waals surface area (Å²) in [6.45, 7) is 0.173. The van der Waals surface area contributed by atoms with Gasteiger partial charge in [0.2, 0.25) is 5.89 Å². The smallest absolute Gasteiger partial charge is 0.253 e. The predicted octanol–water partition coefficient (Wildman–Crippen LogP) is 2.35. The Morgan fingerprint density at radius 2 is 2.00 bits per heavy atom. The minimum Gasteiger partial charge on any atom is -0.497 e. The minimum atomic E-state index is -0.242. The van der Waals surface area contributed by atoms with Crippen molar-refractivity contribution in [2.75, 3.05) is 7.11 Å². The first-order chi connectivity index (χ1) is 12.7. The van der Waals surface area contributed by atoms with E-state index in [0.29, 0.717) is 34.0 Å². The lowest BCUT2D eigenvalue weighted by Crippen LogP contribution is -2.24. The van der Waals surface area contributed by atoms with E-state index in [1.165, 1.54) is 0 Å². The van der Waals surface area contributed by atoms with E-state index in [9.17, 15) is 4.79 Å². The number of carbonyl (C=O) groups excluding carboxylic acids is 1. The third kappa shape index (κ3) is 3.00. The van der Waals surface area contributed by atoms with Crippen LogP contribution in [0, 0.1) is 0 Å². The number of fused-ring (bicyclic) bond motifs is 1. The average molecular weight is 349 g/mol. The van der Waals surface area contributed by atoms with Crippen molar-refractivity contribution in [2.24, 2.45) is 0 Å².